The van der Waals surface area contributed by atoms with E-state index in [1.54, 1.807) is 0 Å². The maximum atomic E-state index is 3.45. The standard InChI is InChI=1S/C15H20.C8H10/c1-3-8-14(9-4-1)12-7-13-15-10-5-2-6-11-15;1-2-8-6-4-3-5-7-8/h1,3,8,15H,2,4-6,9-12H2;3-7H,2H2,1H3. The van der Waals surface area contributed by atoms with Gasteiger partial charge in [0.25, 0.3) is 0 Å². The number of allylic oxidation sites excluding steroid dienone is 4. The number of hydrogen-bond donors (Lipinski definition) is 0. The van der Waals surface area contributed by atoms with Crippen molar-refractivity contribution in [3.05, 3.63) is 59.7 Å². The molecule has 1 fully saturated rings. The zero-order valence-corrected chi connectivity index (χ0v) is 14.6. The van der Waals surface area contributed by atoms with Gasteiger partial charge in [0, 0.05) is 12.3 Å². The molecule has 0 bridgehead atoms. The van der Waals surface area contributed by atoms with E-state index < -0.39 is 0 Å². The molecule has 2 aliphatic rings. The summed E-state index contributed by atoms with van der Waals surface area (Å²) in [5.74, 6) is 7.53. The first-order valence-corrected chi connectivity index (χ1v) is 9.25. The van der Waals surface area contributed by atoms with Crippen LogP contribution in [-0.4, -0.2) is 0 Å². The molecule has 0 aliphatic heterocycles. The first-order valence-electron chi connectivity index (χ1n) is 9.25. The highest BCUT2D eigenvalue weighted by atomic mass is 14.1. The monoisotopic (exact) mass is 306 g/mol. The van der Waals surface area contributed by atoms with E-state index in [1.807, 2.05) is 6.07 Å². The van der Waals surface area contributed by atoms with Gasteiger partial charge in [-0.2, -0.15) is 0 Å². The predicted molar refractivity (Wildman–Crippen MR) is 101 cm³/mol. The summed E-state index contributed by atoms with van der Waals surface area (Å²) >= 11 is 0. The molecular weight excluding hydrogens is 276 g/mol. The molecule has 0 saturated heterocycles. The average molecular weight is 306 g/mol. The van der Waals surface area contributed by atoms with Crippen molar-refractivity contribution in [2.24, 2.45) is 5.92 Å². The molecule has 23 heavy (non-hydrogen) atoms. The van der Waals surface area contributed by atoms with Gasteiger partial charge in [-0.25, -0.2) is 0 Å². The summed E-state index contributed by atoms with van der Waals surface area (Å²) in [4.78, 5) is 0. The summed E-state index contributed by atoms with van der Waals surface area (Å²) in [6.07, 6.45) is 18.1. The lowest BCUT2D eigenvalue weighted by molar-refractivity contribution is 0.430. The highest BCUT2D eigenvalue weighted by molar-refractivity contribution is 5.23. The van der Waals surface area contributed by atoms with Crippen molar-refractivity contribution in [1.29, 1.82) is 0 Å². The van der Waals surface area contributed by atoms with Gasteiger partial charge in [-0.05, 0) is 37.7 Å². The second-order valence-corrected chi connectivity index (χ2v) is 6.46. The van der Waals surface area contributed by atoms with E-state index >= 15 is 0 Å². The fourth-order valence-corrected chi connectivity index (χ4v) is 3.07. The first-order chi connectivity index (χ1) is 11.4. The van der Waals surface area contributed by atoms with Gasteiger partial charge in [0.15, 0.2) is 0 Å². The molecule has 0 heterocycles. The predicted octanol–water partition coefficient (Wildman–Crippen LogP) is 6.49. The Morgan fingerprint density at radius 1 is 1.04 bits per heavy atom. The quantitative estimate of drug-likeness (QED) is 0.548. The maximum Gasteiger partial charge on any atom is 0.0302 e. The highest BCUT2D eigenvalue weighted by Crippen LogP contribution is 2.23. The van der Waals surface area contributed by atoms with Crippen molar-refractivity contribution < 1.29 is 0 Å². The van der Waals surface area contributed by atoms with Crippen LogP contribution in [0, 0.1) is 17.8 Å². The zero-order valence-electron chi connectivity index (χ0n) is 14.6. The number of rotatable bonds is 2. The maximum absolute atomic E-state index is 3.45. The van der Waals surface area contributed by atoms with Crippen LogP contribution in [0.5, 0.6) is 0 Å². The first kappa shape index (κ1) is 17.6. The van der Waals surface area contributed by atoms with Gasteiger partial charge < -0.3 is 0 Å². The Balaban J connectivity index is 0.000000203. The third-order valence-electron chi connectivity index (χ3n) is 4.58. The molecule has 1 aromatic rings. The molecule has 0 aromatic heterocycles. The van der Waals surface area contributed by atoms with Crippen molar-refractivity contribution in [2.75, 3.05) is 0 Å². The van der Waals surface area contributed by atoms with Crippen molar-refractivity contribution in [3.8, 4) is 11.8 Å². The summed E-state index contributed by atoms with van der Waals surface area (Å²) < 4.78 is 0. The van der Waals surface area contributed by atoms with Crippen LogP contribution >= 0.6 is 0 Å². The molecule has 0 spiro atoms. The minimum absolute atomic E-state index is 0.707. The molecule has 1 saturated carbocycles. The number of benzene rings is 1. The van der Waals surface area contributed by atoms with Crippen LogP contribution in [-0.2, 0) is 6.42 Å². The number of hydrogen-bond acceptors (Lipinski definition) is 0. The van der Waals surface area contributed by atoms with E-state index in [1.165, 1.54) is 56.1 Å². The van der Waals surface area contributed by atoms with Crippen LogP contribution in [0.3, 0.4) is 0 Å². The smallest absolute Gasteiger partial charge is 0.0302 e. The SMILES string of the molecule is C(#CC1CCCCC1)CC1=CC=CCC1.CCc1ccccc1. The van der Waals surface area contributed by atoms with Gasteiger partial charge in [-0.3, -0.25) is 0 Å². The Kier molecular flexibility index (Phi) is 8.35. The molecule has 0 nitrogen and oxygen atoms in total. The molecule has 0 heteroatoms. The Hall–Kier alpha value is -1.74. The molecule has 2 aliphatic carbocycles. The van der Waals surface area contributed by atoms with E-state index in [0.29, 0.717) is 5.92 Å². The van der Waals surface area contributed by atoms with Gasteiger partial charge >= 0.3 is 0 Å². The lowest BCUT2D eigenvalue weighted by atomic mass is 9.89. The van der Waals surface area contributed by atoms with Crippen molar-refractivity contribution >= 4 is 0 Å². The minimum atomic E-state index is 0.707. The Labute approximate surface area is 142 Å². The van der Waals surface area contributed by atoms with E-state index in [4.69, 9.17) is 0 Å². The Morgan fingerprint density at radius 3 is 2.43 bits per heavy atom. The Bertz CT molecular complexity index is 545. The third kappa shape index (κ3) is 7.38. The lowest BCUT2D eigenvalue weighted by Gasteiger charge is -2.15. The molecule has 122 valence electrons. The normalized spacial score (nSPS) is 17.3. The van der Waals surface area contributed by atoms with Crippen LogP contribution in [0.15, 0.2) is 54.1 Å². The summed E-state index contributed by atoms with van der Waals surface area (Å²) in [6, 6.07) is 10.5. The van der Waals surface area contributed by atoms with Crippen LogP contribution in [0.1, 0.15) is 63.9 Å². The van der Waals surface area contributed by atoms with Gasteiger partial charge in [-0.15, -0.1) is 0 Å². The van der Waals surface area contributed by atoms with Gasteiger partial charge in [-0.1, -0.05) is 92.2 Å². The van der Waals surface area contributed by atoms with Gasteiger partial charge in [0.2, 0.25) is 0 Å². The van der Waals surface area contributed by atoms with E-state index in [-0.39, 0.29) is 0 Å². The molecule has 0 amide bonds. The molecule has 3 rings (SSSR count). The second kappa shape index (κ2) is 10.9. The molecule has 0 atom stereocenters. The molecule has 0 radical (unpaired) electrons. The summed E-state index contributed by atoms with van der Waals surface area (Å²) in [7, 11) is 0. The zero-order chi connectivity index (χ0) is 16.2. The van der Waals surface area contributed by atoms with Crippen LogP contribution in [0.25, 0.3) is 0 Å². The topological polar surface area (TPSA) is 0 Å². The van der Waals surface area contributed by atoms with Gasteiger partial charge in [0.05, 0.1) is 0 Å². The summed E-state index contributed by atoms with van der Waals surface area (Å²) in [6.45, 7) is 2.16. The molecule has 0 N–H and O–H groups in total. The van der Waals surface area contributed by atoms with Crippen molar-refractivity contribution in [3.63, 3.8) is 0 Å². The number of aryl methyl sites for hydroxylation is 1. The molecule has 0 unspecified atom stereocenters. The summed E-state index contributed by atoms with van der Waals surface area (Å²) in [5.41, 5.74) is 2.92. The Morgan fingerprint density at radius 2 is 1.83 bits per heavy atom. The van der Waals surface area contributed by atoms with E-state index in [9.17, 15) is 0 Å². The minimum Gasteiger partial charge on any atom is -0.0996 e. The second-order valence-electron chi connectivity index (χ2n) is 6.46. The van der Waals surface area contributed by atoms with E-state index in [0.717, 1.165) is 12.8 Å². The third-order valence-corrected chi connectivity index (χ3v) is 4.58. The fraction of sp³-hybridized carbons (Fsp3) is 0.478. The fourth-order valence-electron chi connectivity index (χ4n) is 3.07. The average Bonchev–Trinajstić information content (AvgIpc) is 2.65. The lowest BCUT2D eigenvalue weighted by Crippen LogP contribution is -2.03. The highest BCUT2D eigenvalue weighted by Gasteiger charge is 2.09. The molecular formula is C23H30. The van der Waals surface area contributed by atoms with Crippen molar-refractivity contribution in [1.82, 2.24) is 0 Å². The van der Waals surface area contributed by atoms with E-state index in [2.05, 4.69) is 61.3 Å². The largest absolute Gasteiger partial charge is 0.0996 e. The molecule has 1 aromatic carbocycles. The van der Waals surface area contributed by atoms with Crippen LogP contribution in [0.4, 0.5) is 0 Å². The summed E-state index contributed by atoms with van der Waals surface area (Å²) in [5, 5.41) is 0. The van der Waals surface area contributed by atoms with Crippen LogP contribution in [0.2, 0.25) is 0 Å². The van der Waals surface area contributed by atoms with Gasteiger partial charge in [0.1, 0.15) is 0 Å². The van der Waals surface area contributed by atoms with Crippen LogP contribution < -0.4 is 0 Å². The van der Waals surface area contributed by atoms with Crippen molar-refractivity contribution in [2.45, 2.75) is 64.7 Å².